The van der Waals surface area contributed by atoms with Gasteiger partial charge in [-0.3, -0.25) is 0 Å². The van der Waals surface area contributed by atoms with Crippen molar-refractivity contribution in [3.63, 3.8) is 0 Å². The molecule has 11 heavy (non-hydrogen) atoms. The molecule has 1 aliphatic heterocycles. The van der Waals surface area contributed by atoms with Crippen LogP contribution in [0.5, 0.6) is 0 Å². The molecule has 1 aliphatic rings. The van der Waals surface area contributed by atoms with Crippen LogP contribution in [-0.4, -0.2) is 11.5 Å². The molecule has 0 saturated carbocycles. The third kappa shape index (κ3) is 1.34. The number of rotatable bonds is 1. The quantitative estimate of drug-likeness (QED) is 0.602. The summed E-state index contributed by atoms with van der Waals surface area (Å²) in [6.07, 6.45) is 4.29. The maximum atomic E-state index is 4.26. The van der Waals surface area contributed by atoms with E-state index in [4.69, 9.17) is 0 Å². The van der Waals surface area contributed by atoms with Gasteiger partial charge in [0.15, 0.2) is 0 Å². The van der Waals surface area contributed by atoms with Crippen molar-refractivity contribution >= 4 is 5.82 Å². The monoisotopic (exact) mass is 147 g/mol. The SMILES string of the molecule is [CH]1CCCN1c1ccccn1. The van der Waals surface area contributed by atoms with Crippen molar-refractivity contribution < 1.29 is 0 Å². The van der Waals surface area contributed by atoms with Crippen LogP contribution in [0.15, 0.2) is 24.4 Å². The van der Waals surface area contributed by atoms with Crippen molar-refractivity contribution in [2.45, 2.75) is 12.8 Å². The molecule has 57 valence electrons. The molecule has 1 aromatic heterocycles. The molecule has 0 spiro atoms. The van der Waals surface area contributed by atoms with Crippen LogP contribution in [-0.2, 0) is 0 Å². The molecule has 2 heteroatoms. The van der Waals surface area contributed by atoms with Crippen molar-refractivity contribution in [3.05, 3.63) is 30.9 Å². The van der Waals surface area contributed by atoms with Gasteiger partial charge < -0.3 is 4.90 Å². The van der Waals surface area contributed by atoms with Gasteiger partial charge in [-0.1, -0.05) is 6.07 Å². The van der Waals surface area contributed by atoms with E-state index in [9.17, 15) is 0 Å². The second kappa shape index (κ2) is 2.91. The Balaban J connectivity index is 2.16. The fraction of sp³-hybridized carbons (Fsp3) is 0.333. The molecule has 0 bridgehead atoms. The number of hydrogen-bond acceptors (Lipinski definition) is 2. The Morgan fingerprint density at radius 1 is 1.36 bits per heavy atom. The van der Waals surface area contributed by atoms with Crippen molar-refractivity contribution in [2.75, 3.05) is 11.4 Å². The molecule has 0 amide bonds. The van der Waals surface area contributed by atoms with Crippen LogP contribution >= 0.6 is 0 Å². The Bertz CT molecular complexity index is 214. The van der Waals surface area contributed by atoms with Gasteiger partial charge in [-0.05, 0) is 25.0 Å². The zero-order chi connectivity index (χ0) is 7.52. The zero-order valence-electron chi connectivity index (χ0n) is 6.40. The zero-order valence-corrected chi connectivity index (χ0v) is 6.40. The summed E-state index contributed by atoms with van der Waals surface area (Å²) < 4.78 is 0. The fourth-order valence-corrected chi connectivity index (χ4v) is 1.33. The molecule has 2 rings (SSSR count). The minimum Gasteiger partial charge on any atom is -0.352 e. The third-order valence-corrected chi connectivity index (χ3v) is 1.90. The summed E-state index contributed by atoms with van der Waals surface area (Å²) in [5.74, 6) is 1.07. The first-order chi connectivity index (χ1) is 5.47. The number of nitrogens with zero attached hydrogens (tertiary/aromatic N) is 2. The minimum absolute atomic E-state index is 1.07. The van der Waals surface area contributed by atoms with Gasteiger partial charge in [0.05, 0.1) is 6.54 Å². The molecule has 0 aromatic carbocycles. The topological polar surface area (TPSA) is 16.1 Å². The van der Waals surface area contributed by atoms with E-state index in [-0.39, 0.29) is 0 Å². The van der Waals surface area contributed by atoms with Gasteiger partial charge in [0.2, 0.25) is 0 Å². The van der Waals surface area contributed by atoms with Gasteiger partial charge in [0.25, 0.3) is 0 Å². The van der Waals surface area contributed by atoms with E-state index in [0.29, 0.717) is 0 Å². The number of anilines is 1. The molecule has 0 atom stereocenters. The predicted octanol–water partition coefficient (Wildman–Crippen LogP) is 1.84. The van der Waals surface area contributed by atoms with Crippen LogP contribution in [0.3, 0.4) is 0 Å². The normalized spacial score (nSPS) is 17.3. The van der Waals surface area contributed by atoms with E-state index in [1.807, 2.05) is 24.4 Å². The average molecular weight is 147 g/mol. The highest BCUT2D eigenvalue weighted by molar-refractivity contribution is 5.40. The number of aromatic nitrogens is 1. The Kier molecular flexibility index (Phi) is 1.76. The first-order valence-electron chi connectivity index (χ1n) is 3.98. The van der Waals surface area contributed by atoms with Crippen LogP contribution in [0.1, 0.15) is 12.8 Å². The largest absolute Gasteiger partial charge is 0.352 e. The summed E-state index contributed by atoms with van der Waals surface area (Å²) in [7, 11) is 0. The van der Waals surface area contributed by atoms with Crippen molar-refractivity contribution in [1.29, 1.82) is 0 Å². The van der Waals surface area contributed by atoms with E-state index in [1.54, 1.807) is 0 Å². The van der Waals surface area contributed by atoms with E-state index < -0.39 is 0 Å². The Morgan fingerprint density at radius 2 is 2.36 bits per heavy atom. The second-order valence-corrected chi connectivity index (χ2v) is 2.71. The summed E-state index contributed by atoms with van der Waals surface area (Å²) in [6.45, 7) is 3.33. The van der Waals surface area contributed by atoms with Crippen molar-refractivity contribution in [2.24, 2.45) is 0 Å². The lowest BCUT2D eigenvalue weighted by Gasteiger charge is -2.14. The fourth-order valence-electron chi connectivity index (χ4n) is 1.33. The highest BCUT2D eigenvalue weighted by Crippen LogP contribution is 2.19. The van der Waals surface area contributed by atoms with E-state index >= 15 is 0 Å². The molecule has 0 aliphatic carbocycles. The van der Waals surface area contributed by atoms with Crippen molar-refractivity contribution in [1.82, 2.24) is 4.98 Å². The molecule has 1 saturated heterocycles. The molecular formula is C9H11N2. The molecule has 2 nitrogen and oxygen atoms in total. The molecule has 1 radical (unpaired) electrons. The lowest BCUT2D eigenvalue weighted by atomic mass is 10.4. The van der Waals surface area contributed by atoms with Crippen LogP contribution in [0.4, 0.5) is 5.82 Å². The van der Waals surface area contributed by atoms with Gasteiger partial charge in [-0.25, -0.2) is 4.98 Å². The summed E-state index contributed by atoms with van der Waals surface area (Å²) >= 11 is 0. The number of pyridine rings is 1. The Labute approximate surface area is 66.9 Å². The van der Waals surface area contributed by atoms with Gasteiger partial charge in [0.1, 0.15) is 5.82 Å². The maximum absolute atomic E-state index is 4.26. The predicted molar refractivity (Wildman–Crippen MR) is 45.1 cm³/mol. The van der Waals surface area contributed by atoms with Crippen LogP contribution in [0, 0.1) is 6.54 Å². The van der Waals surface area contributed by atoms with Crippen LogP contribution < -0.4 is 4.90 Å². The summed E-state index contributed by atoms with van der Waals surface area (Å²) in [4.78, 5) is 6.46. The lowest BCUT2D eigenvalue weighted by Crippen LogP contribution is -2.14. The number of hydrogen-bond donors (Lipinski definition) is 0. The summed E-state index contributed by atoms with van der Waals surface area (Å²) in [6, 6.07) is 6.01. The van der Waals surface area contributed by atoms with Gasteiger partial charge >= 0.3 is 0 Å². The van der Waals surface area contributed by atoms with E-state index in [2.05, 4.69) is 16.4 Å². The van der Waals surface area contributed by atoms with E-state index in [1.165, 1.54) is 12.8 Å². The summed E-state index contributed by atoms with van der Waals surface area (Å²) in [5.41, 5.74) is 0. The molecule has 1 aromatic rings. The Morgan fingerprint density at radius 3 is 3.00 bits per heavy atom. The highest BCUT2D eigenvalue weighted by Gasteiger charge is 2.12. The van der Waals surface area contributed by atoms with Gasteiger partial charge in [-0.15, -0.1) is 0 Å². The average Bonchev–Trinajstić information content (AvgIpc) is 2.58. The van der Waals surface area contributed by atoms with E-state index in [0.717, 1.165) is 12.4 Å². The molecular weight excluding hydrogens is 136 g/mol. The molecule has 0 unspecified atom stereocenters. The highest BCUT2D eigenvalue weighted by atomic mass is 15.2. The van der Waals surface area contributed by atoms with Gasteiger partial charge in [-0.2, -0.15) is 0 Å². The molecule has 1 fully saturated rings. The summed E-state index contributed by atoms with van der Waals surface area (Å²) in [5, 5.41) is 0. The lowest BCUT2D eigenvalue weighted by molar-refractivity contribution is 0.945. The minimum atomic E-state index is 1.07. The van der Waals surface area contributed by atoms with Crippen molar-refractivity contribution in [3.8, 4) is 0 Å². The third-order valence-electron chi connectivity index (χ3n) is 1.90. The van der Waals surface area contributed by atoms with Crippen LogP contribution in [0.25, 0.3) is 0 Å². The first kappa shape index (κ1) is 6.65. The maximum Gasteiger partial charge on any atom is 0.128 e. The second-order valence-electron chi connectivity index (χ2n) is 2.71. The smallest absolute Gasteiger partial charge is 0.128 e. The molecule has 2 heterocycles. The standard InChI is InChI=1S/C9H11N2/c1-2-6-10-9(5-1)11-7-3-4-8-11/h1-2,5-7H,3-4,8H2. The van der Waals surface area contributed by atoms with Gasteiger partial charge in [0, 0.05) is 12.7 Å². The molecule has 0 N–H and O–H groups in total. The van der Waals surface area contributed by atoms with Crippen LogP contribution in [0.2, 0.25) is 0 Å². The Hall–Kier alpha value is -1.05. The first-order valence-corrected chi connectivity index (χ1v) is 3.98.